The van der Waals surface area contributed by atoms with E-state index < -0.39 is 6.10 Å². The molecule has 130 valence electrons. The average Bonchev–Trinajstić information content (AvgIpc) is 2.72. The number of carbonyl (C=O) groups is 1. The summed E-state index contributed by atoms with van der Waals surface area (Å²) in [7, 11) is 0. The minimum Gasteiger partial charge on any atom is -0.485 e. The fourth-order valence-electron chi connectivity index (χ4n) is 2.67. The fraction of sp³-hybridized carbons (Fsp3) is 0.150. The Hall–Kier alpha value is -3.41. The lowest BCUT2D eigenvalue weighted by Crippen LogP contribution is -2.43. The number of hydrogen-bond donors (Lipinski definition) is 1. The van der Waals surface area contributed by atoms with Crippen LogP contribution < -0.4 is 14.8 Å². The van der Waals surface area contributed by atoms with E-state index in [0.29, 0.717) is 18.0 Å². The van der Waals surface area contributed by atoms with Crippen LogP contribution in [0.3, 0.4) is 0 Å². The number of hydrogen-bond acceptors (Lipinski definition) is 5. The van der Waals surface area contributed by atoms with Crippen LogP contribution in [-0.2, 0) is 11.3 Å². The molecule has 26 heavy (non-hydrogen) atoms. The molecule has 1 atom stereocenters. The van der Waals surface area contributed by atoms with Crippen molar-refractivity contribution in [2.24, 2.45) is 0 Å². The number of amides is 1. The van der Waals surface area contributed by atoms with Gasteiger partial charge >= 0.3 is 0 Å². The summed E-state index contributed by atoms with van der Waals surface area (Å²) in [6.07, 6.45) is 4.58. The number of pyridine rings is 2. The van der Waals surface area contributed by atoms with Crippen LogP contribution >= 0.6 is 0 Å². The summed E-state index contributed by atoms with van der Waals surface area (Å²) >= 11 is 0. The van der Waals surface area contributed by atoms with Crippen molar-refractivity contribution in [1.29, 1.82) is 0 Å². The molecule has 0 fully saturated rings. The standard InChI is InChI=1S/C20H17N3O3/c24-20(19-13-25-17-5-1-2-6-18(17)26-19)23-11-14-7-8-16(22-10-14)15-4-3-9-21-12-15/h1-10,12,19H,11,13H2,(H,23,24)/t19-/m0/s1. The van der Waals surface area contributed by atoms with Crippen LogP contribution in [0.2, 0.25) is 0 Å². The van der Waals surface area contributed by atoms with Gasteiger partial charge in [0.2, 0.25) is 6.10 Å². The maximum atomic E-state index is 12.3. The Morgan fingerprint density at radius 1 is 1.08 bits per heavy atom. The molecule has 1 amide bonds. The van der Waals surface area contributed by atoms with Crippen molar-refractivity contribution in [3.8, 4) is 22.8 Å². The Labute approximate surface area is 150 Å². The lowest BCUT2D eigenvalue weighted by Gasteiger charge is -2.25. The van der Waals surface area contributed by atoms with E-state index in [4.69, 9.17) is 9.47 Å². The van der Waals surface area contributed by atoms with Crippen LogP contribution in [0.5, 0.6) is 11.5 Å². The molecule has 0 saturated heterocycles. The number of aromatic nitrogens is 2. The van der Waals surface area contributed by atoms with Crippen LogP contribution in [0.25, 0.3) is 11.3 Å². The highest BCUT2D eigenvalue weighted by Crippen LogP contribution is 2.30. The molecule has 0 spiro atoms. The first-order valence-electron chi connectivity index (χ1n) is 8.31. The SMILES string of the molecule is O=C(NCc1ccc(-c2cccnc2)nc1)[C@@H]1COc2ccccc2O1. The van der Waals surface area contributed by atoms with Gasteiger partial charge in [0.1, 0.15) is 6.61 Å². The highest BCUT2D eigenvalue weighted by molar-refractivity contribution is 5.81. The normalized spacial score (nSPS) is 15.3. The third kappa shape index (κ3) is 3.49. The zero-order valence-electron chi connectivity index (χ0n) is 14.0. The number of ether oxygens (including phenoxy) is 2. The van der Waals surface area contributed by atoms with E-state index in [2.05, 4.69) is 15.3 Å². The lowest BCUT2D eigenvalue weighted by molar-refractivity contribution is -0.130. The summed E-state index contributed by atoms with van der Waals surface area (Å²) in [5, 5.41) is 2.86. The summed E-state index contributed by atoms with van der Waals surface area (Å²) in [6, 6.07) is 15.0. The van der Waals surface area contributed by atoms with Gasteiger partial charge in [-0.1, -0.05) is 18.2 Å². The molecule has 3 heterocycles. The lowest BCUT2D eigenvalue weighted by atomic mass is 10.1. The first kappa shape index (κ1) is 16.1. The molecule has 6 nitrogen and oxygen atoms in total. The van der Waals surface area contributed by atoms with Crippen LogP contribution in [0.15, 0.2) is 67.1 Å². The van der Waals surface area contributed by atoms with Crippen molar-refractivity contribution in [1.82, 2.24) is 15.3 Å². The van der Waals surface area contributed by atoms with E-state index in [-0.39, 0.29) is 12.5 Å². The Morgan fingerprint density at radius 3 is 2.73 bits per heavy atom. The molecule has 4 rings (SSSR count). The minimum absolute atomic E-state index is 0.195. The van der Waals surface area contributed by atoms with Gasteiger partial charge in [-0.15, -0.1) is 0 Å². The first-order valence-corrected chi connectivity index (χ1v) is 8.31. The van der Waals surface area contributed by atoms with Gasteiger partial charge in [-0.05, 0) is 35.9 Å². The predicted octanol–water partition coefficient (Wildman–Crippen LogP) is 2.60. The number of nitrogens with one attached hydrogen (secondary N) is 1. The number of fused-ring (bicyclic) bond motifs is 1. The van der Waals surface area contributed by atoms with Gasteiger partial charge in [0.05, 0.1) is 5.69 Å². The molecule has 0 unspecified atom stereocenters. The van der Waals surface area contributed by atoms with Gasteiger partial charge in [0.25, 0.3) is 5.91 Å². The number of rotatable bonds is 4. The molecule has 1 aliphatic heterocycles. The van der Waals surface area contributed by atoms with Crippen LogP contribution in [0.1, 0.15) is 5.56 Å². The van der Waals surface area contributed by atoms with Crippen molar-refractivity contribution in [2.75, 3.05) is 6.61 Å². The monoisotopic (exact) mass is 347 g/mol. The van der Waals surface area contributed by atoms with E-state index in [1.165, 1.54) is 0 Å². The molecule has 0 bridgehead atoms. The minimum atomic E-state index is -0.660. The van der Waals surface area contributed by atoms with Crippen molar-refractivity contribution in [3.05, 3.63) is 72.7 Å². The number of nitrogens with zero attached hydrogens (tertiary/aromatic N) is 2. The molecule has 3 aromatic rings. The maximum Gasteiger partial charge on any atom is 0.264 e. The van der Waals surface area contributed by atoms with Crippen molar-refractivity contribution < 1.29 is 14.3 Å². The summed E-state index contributed by atoms with van der Waals surface area (Å²) < 4.78 is 11.3. The van der Waals surface area contributed by atoms with Crippen LogP contribution in [0, 0.1) is 0 Å². The quantitative estimate of drug-likeness (QED) is 0.785. The number of para-hydroxylation sites is 2. The Kier molecular flexibility index (Phi) is 4.47. The molecule has 1 aromatic carbocycles. The zero-order valence-corrected chi connectivity index (χ0v) is 14.0. The van der Waals surface area contributed by atoms with E-state index in [1.807, 2.05) is 42.5 Å². The van der Waals surface area contributed by atoms with Gasteiger partial charge in [0.15, 0.2) is 11.5 Å². The van der Waals surface area contributed by atoms with Crippen LogP contribution in [-0.4, -0.2) is 28.6 Å². The highest BCUT2D eigenvalue weighted by Gasteiger charge is 2.26. The molecular weight excluding hydrogens is 330 g/mol. The predicted molar refractivity (Wildman–Crippen MR) is 95.7 cm³/mol. The smallest absolute Gasteiger partial charge is 0.264 e. The molecule has 1 N–H and O–H groups in total. The maximum absolute atomic E-state index is 12.3. The van der Waals surface area contributed by atoms with Crippen LogP contribution in [0.4, 0.5) is 0 Å². The van der Waals surface area contributed by atoms with Gasteiger partial charge in [-0.3, -0.25) is 14.8 Å². The topological polar surface area (TPSA) is 73.3 Å². The van der Waals surface area contributed by atoms with E-state index in [1.54, 1.807) is 24.7 Å². The zero-order chi connectivity index (χ0) is 17.8. The molecule has 0 radical (unpaired) electrons. The highest BCUT2D eigenvalue weighted by atomic mass is 16.6. The van der Waals surface area contributed by atoms with Crippen molar-refractivity contribution in [3.63, 3.8) is 0 Å². The van der Waals surface area contributed by atoms with E-state index >= 15 is 0 Å². The van der Waals surface area contributed by atoms with Gasteiger partial charge in [-0.25, -0.2) is 0 Å². The van der Waals surface area contributed by atoms with Gasteiger partial charge < -0.3 is 14.8 Å². The molecule has 2 aromatic heterocycles. The molecule has 0 aliphatic carbocycles. The summed E-state index contributed by atoms with van der Waals surface area (Å²) in [5.74, 6) is 1.03. The molecule has 0 saturated carbocycles. The largest absolute Gasteiger partial charge is 0.485 e. The van der Waals surface area contributed by atoms with Gasteiger partial charge in [0, 0.05) is 30.7 Å². The fourth-order valence-corrected chi connectivity index (χ4v) is 2.67. The number of benzene rings is 1. The summed E-state index contributed by atoms with van der Waals surface area (Å²) in [5.41, 5.74) is 2.70. The Balaban J connectivity index is 1.35. The third-order valence-electron chi connectivity index (χ3n) is 4.05. The first-order chi connectivity index (χ1) is 12.8. The molecule has 1 aliphatic rings. The second-order valence-electron chi connectivity index (χ2n) is 5.88. The van der Waals surface area contributed by atoms with E-state index in [0.717, 1.165) is 16.8 Å². The van der Waals surface area contributed by atoms with Crippen molar-refractivity contribution in [2.45, 2.75) is 12.6 Å². The molecule has 6 heteroatoms. The second kappa shape index (κ2) is 7.23. The second-order valence-corrected chi connectivity index (χ2v) is 5.88. The summed E-state index contributed by atoms with van der Waals surface area (Å²) in [6.45, 7) is 0.571. The molecular formula is C20H17N3O3. The Morgan fingerprint density at radius 2 is 1.96 bits per heavy atom. The average molecular weight is 347 g/mol. The Bertz CT molecular complexity index is 898. The van der Waals surface area contributed by atoms with Gasteiger partial charge in [-0.2, -0.15) is 0 Å². The number of carbonyl (C=O) groups excluding carboxylic acids is 1. The van der Waals surface area contributed by atoms with E-state index in [9.17, 15) is 4.79 Å². The summed E-state index contributed by atoms with van der Waals surface area (Å²) in [4.78, 5) is 20.8. The third-order valence-corrected chi connectivity index (χ3v) is 4.05. The van der Waals surface area contributed by atoms with Crippen molar-refractivity contribution >= 4 is 5.91 Å².